The van der Waals surface area contributed by atoms with Crippen LogP contribution in [0.25, 0.3) is 0 Å². The first-order chi connectivity index (χ1) is 11.1. The smallest absolute Gasteiger partial charge is 0.251 e. The molecule has 0 aromatic heterocycles. The molecular weight excluding hydrogens is 292 g/mol. The summed E-state index contributed by atoms with van der Waals surface area (Å²) in [4.78, 5) is 11.8. The second-order valence-corrected chi connectivity index (χ2v) is 5.53. The van der Waals surface area contributed by atoms with Gasteiger partial charge < -0.3 is 20.1 Å². The van der Waals surface area contributed by atoms with E-state index in [-0.39, 0.29) is 11.9 Å². The number of benzene rings is 2. The lowest BCUT2D eigenvalue weighted by molar-refractivity contribution is 0.0966. The number of ether oxygens (including phenoxy) is 2. The van der Waals surface area contributed by atoms with Crippen molar-refractivity contribution in [2.75, 3.05) is 19.5 Å². The van der Waals surface area contributed by atoms with Crippen LogP contribution in [0.5, 0.6) is 11.5 Å². The summed E-state index contributed by atoms with van der Waals surface area (Å²) in [5, 5.41) is 6.25. The van der Waals surface area contributed by atoms with Gasteiger partial charge in [-0.3, -0.25) is 4.79 Å². The quantitative estimate of drug-likeness (QED) is 0.890. The molecule has 0 spiro atoms. The molecule has 1 heterocycles. The molecule has 0 radical (unpaired) electrons. The number of anilines is 1. The van der Waals surface area contributed by atoms with Gasteiger partial charge >= 0.3 is 0 Å². The van der Waals surface area contributed by atoms with Crippen molar-refractivity contribution in [2.24, 2.45) is 0 Å². The van der Waals surface area contributed by atoms with Gasteiger partial charge in [-0.15, -0.1) is 0 Å². The van der Waals surface area contributed by atoms with E-state index in [1.54, 1.807) is 14.2 Å². The fourth-order valence-electron chi connectivity index (χ4n) is 2.81. The van der Waals surface area contributed by atoms with Crippen molar-refractivity contribution in [1.29, 1.82) is 0 Å². The van der Waals surface area contributed by atoms with Crippen LogP contribution in [0, 0.1) is 0 Å². The van der Waals surface area contributed by atoms with Gasteiger partial charge in [0, 0.05) is 23.4 Å². The van der Waals surface area contributed by atoms with Gasteiger partial charge in [0.05, 0.1) is 20.3 Å². The zero-order chi connectivity index (χ0) is 16.4. The van der Waals surface area contributed by atoms with Crippen LogP contribution in [-0.2, 0) is 6.54 Å². The summed E-state index contributed by atoms with van der Waals surface area (Å²) in [6.45, 7) is 2.65. The molecule has 1 atom stereocenters. The molecule has 0 saturated heterocycles. The predicted molar refractivity (Wildman–Crippen MR) is 89.2 cm³/mol. The molecule has 0 bridgehead atoms. The minimum Gasteiger partial charge on any atom is -0.497 e. The van der Waals surface area contributed by atoms with E-state index in [1.807, 2.05) is 43.3 Å². The van der Waals surface area contributed by atoms with E-state index in [4.69, 9.17) is 9.47 Å². The van der Waals surface area contributed by atoms with E-state index >= 15 is 0 Å². The van der Waals surface area contributed by atoms with Crippen molar-refractivity contribution < 1.29 is 14.3 Å². The number of methoxy groups -OCH3 is 2. The molecule has 2 aromatic carbocycles. The van der Waals surface area contributed by atoms with Crippen LogP contribution in [-0.4, -0.2) is 20.1 Å². The minimum atomic E-state index is -0.0183. The average molecular weight is 312 g/mol. The SMILES string of the molecule is COc1ccc(OC)c([C@H](C)Nc2ccc3c(c2)C(=O)NC3)c1. The topological polar surface area (TPSA) is 59.6 Å². The summed E-state index contributed by atoms with van der Waals surface area (Å²) < 4.78 is 10.7. The standard InChI is InChI=1S/C18H20N2O3/c1-11(15-9-14(22-2)6-7-17(15)23-3)20-13-5-4-12-10-19-18(21)16(12)8-13/h4-9,11,20H,10H2,1-3H3,(H,19,21)/t11-/m0/s1. The predicted octanol–water partition coefficient (Wildman–Crippen LogP) is 3.12. The number of rotatable bonds is 5. The number of amides is 1. The van der Waals surface area contributed by atoms with Crippen LogP contribution in [0.1, 0.15) is 34.5 Å². The fraction of sp³-hybridized carbons (Fsp3) is 0.278. The van der Waals surface area contributed by atoms with E-state index in [0.717, 1.165) is 33.9 Å². The molecule has 2 N–H and O–H groups in total. The molecule has 1 aliphatic heterocycles. The maximum absolute atomic E-state index is 11.8. The van der Waals surface area contributed by atoms with Crippen LogP contribution in [0.4, 0.5) is 5.69 Å². The Hall–Kier alpha value is -2.69. The molecule has 23 heavy (non-hydrogen) atoms. The van der Waals surface area contributed by atoms with Gasteiger partial charge in [-0.05, 0) is 42.8 Å². The normalized spacial score (nSPS) is 14.0. The highest BCUT2D eigenvalue weighted by atomic mass is 16.5. The van der Waals surface area contributed by atoms with Gasteiger partial charge in [-0.2, -0.15) is 0 Å². The second kappa shape index (κ2) is 6.20. The Morgan fingerprint density at radius 1 is 1.13 bits per heavy atom. The molecule has 0 aliphatic carbocycles. The third-order valence-electron chi connectivity index (χ3n) is 4.08. The molecule has 0 unspecified atom stereocenters. The molecule has 5 nitrogen and oxygen atoms in total. The van der Waals surface area contributed by atoms with E-state index in [2.05, 4.69) is 10.6 Å². The van der Waals surface area contributed by atoms with Crippen molar-refractivity contribution >= 4 is 11.6 Å². The summed E-state index contributed by atoms with van der Waals surface area (Å²) in [7, 11) is 3.29. The molecule has 0 fully saturated rings. The molecular formula is C18H20N2O3. The van der Waals surface area contributed by atoms with E-state index in [0.29, 0.717) is 6.54 Å². The Labute approximate surface area is 135 Å². The van der Waals surface area contributed by atoms with Crippen molar-refractivity contribution in [3.63, 3.8) is 0 Å². The summed E-state index contributed by atoms with van der Waals surface area (Å²) in [6.07, 6.45) is 0. The Morgan fingerprint density at radius 2 is 1.96 bits per heavy atom. The number of carbonyl (C=O) groups excluding carboxylic acids is 1. The maximum atomic E-state index is 11.8. The van der Waals surface area contributed by atoms with E-state index in [9.17, 15) is 4.79 Å². The monoisotopic (exact) mass is 312 g/mol. The molecule has 3 rings (SSSR count). The van der Waals surface area contributed by atoms with Crippen LogP contribution < -0.4 is 20.1 Å². The zero-order valence-corrected chi connectivity index (χ0v) is 13.5. The summed E-state index contributed by atoms with van der Waals surface area (Å²) in [6, 6.07) is 11.6. The van der Waals surface area contributed by atoms with Crippen molar-refractivity contribution in [3.05, 3.63) is 53.1 Å². The van der Waals surface area contributed by atoms with Gasteiger partial charge in [0.25, 0.3) is 5.91 Å². The van der Waals surface area contributed by atoms with Crippen LogP contribution in [0.3, 0.4) is 0 Å². The Balaban J connectivity index is 1.86. The minimum absolute atomic E-state index is 0.00237. The van der Waals surface area contributed by atoms with Gasteiger partial charge in [0.2, 0.25) is 0 Å². The molecule has 2 aromatic rings. The lowest BCUT2D eigenvalue weighted by atomic mass is 10.0. The number of fused-ring (bicyclic) bond motifs is 1. The zero-order valence-electron chi connectivity index (χ0n) is 13.5. The Kier molecular flexibility index (Phi) is 4.10. The highest BCUT2D eigenvalue weighted by Crippen LogP contribution is 2.32. The molecule has 120 valence electrons. The van der Waals surface area contributed by atoms with Gasteiger partial charge in [0.15, 0.2) is 0 Å². The van der Waals surface area contributed by atoms with Gasteiger partial charge in [-0.1, -0.05) is 6.07 Å². The van der Waals surface area contributed by atoms with Crippen molar-refractivity contribution in [3.8, 4) is 11.5 Å². The lowest BCUT2D eigenvalue weighted by Gasteiger charge is -2.19. The van der Waals surface area contributed by atoms with E-state index < -0.39 is 0 Å². The molecule has 1 aliphatic rings. The highest BCUT2D eigenvalue weighted by molar-refractivity contribution is 5.99. The van der Waals surface area contributed by atoms with Crippen molar-refractivity contribution in [2.45, 2.75) is 19.5 Å². The number of hydrogen-bond donors (Lipinski definition) is 2. The third-order valence-corrected chi connectivity index (χ3v) is 4.08. The number of nitrogens with one attached hydrogen (secondary N) is 2. The lowest BCUT2D eigenvalue weighted by Crippen LogP contribution is -2.13. The molecule has 0 saturated carbocycles. The first kappa shape index (κ1) is 15.2. The van der Waals surface area contributed by atoms with Gasteiger partial charge in [0.1, 0.15) is 11.5 Å². The summed E-state index contributed by atoms with van der Waals surface area (Å²) in [5.41, 5.74) is 3.67. The van der Waals surface area contributed by atoms with E-state index in [1.165, 1.54) is 0 Å². The maximum Gasteiger partial charge on any atom is 0.251 e. The summed E-state index contributed by atoms with van der Waals surface area (Å²) >= 11 is 0. The Morgan fingerprint density at radius 3 is 2.70 bits per heavy atom. The average Bonchev–Trinajstić information content (AvgIpc) is 2.95. The van der Waals surface area contributed by atoms with Crippen LogP contribution >= 0.6 is 0 Å². The number of hydrogen-bond acceptors (Lipinski definition) is 4. The molecule has 5 heteroatoms. The fourth-order valence-corrected chi connectivity index (χ4v) is 2.81. The Bertz CT molecular complexity index is 743. The first-order valence-electron chi connectivity index (χ1n) is 7.52. The van der Waals surface area contributed by atoms with Crippen LogP contribution in [0.15, 0.2) is 36.4 Å². The highest BCUT2D eigenvalue weighted by Gasteiger charge is 2.19. The first-order valence-corrected chi connectivity index (χ1v) is 7.52. The summed E-state index contributed by atoms with van der Waals surface area (Å²) in [5.74, 6) is 1.56. The van der Waals surface area contributed by atoms with Crippen molar-refractivity contribution in [1.82, 2.24) is 5.32 Å². The molecule has 1 amide bonds. The second-order valence-electron chi connectivity index (χ2n) is 5.53. The largest absolute Gasteiger partial charge is 0.497 e. The number of carbonyl (C=O) groups is 1. The van der Waals surface area contributed by atoms with Gasteiger partial charge in [-0.25, -0.2) is 0 Å². The third kappa shape index (κ3) is 2.95. The van der Waals surface area contributed by atoms with Crippen LogP contribution in [0.2, 0.25) is 0 Å².